The van der Waals surface area contributed by atoms with E-state index in [0.717, 1.165) is 32.1 Å². The molecule has 0 amide bonds. The summed E-state index contributed by atoms with van der Waals surface area (Å²) < 4.78 is 32.5. The van der Waals surface area contributed by atoms with Gasteiger partial charge in [-0.15, -0.1) is 0 Å². The Bertz CT molecular complexity index is 408. The molecule has 0 aromatic heterocycles. The van der Waals surface area contributed by atoms with Gasteiger partial charge in [0.15, 0.2) is 4.93 Å². The number of aliphatic hydroxyl groups is 1. The summed E-state index contributed by atoms with van der Waals surface area (Å²) in [5.74, 6) is 0. The maximum absolute atomic E-state index is 11.6. The smallest absolute Gasteiger partial charge is 0.294 e. The van der Waals surface area contributed by atoms with E-state index in [1.807, 2.05) is 0 Å². The van der Waals surface area contributed by atoms with Gasteiger partial charge in [0.2, 0.25) is 0 Å². The summed E-state index contributed by atoms with van der Waals surface area (Å²) in [6, 6.07) is 0. The molecule has 0 radical (unpaired) electrons. The molecule has 0 spiro atoms. The van der Waals surface area contributed by atoms with E-state index >= 15 is 0 Å². The molecule has 158 valence electrons. The zero-order valence-corrected chi connectivity index (χ0v) is 18.2. The largest absolute Gasteiger partial charge is 0.372 e. The summed E-state index contributed by atoms with van der Waals surface area (Å²) in [4.78, 5) is -1.95. The second-order valence-corrected chi connectivity index (χ2v) is 9.58. The monoisotopic (exact) mass is 392 g/mol. The molecule has 1 unspecified atom stereocenters. The van der Waals surface area contributed by atoms with Crippen LogP contribution in [0, 0.1) is 0 Å². The van der Waals surface area contributed by atoms with Crippen molar-refractivity contribution in [2.75, 3.05) is 0 Å². The molecular formula is C21H44O4S. The Morgan fingerprint density at radius 3 is 1.15 bits per heavy atom. The fraction of sp³-hybridized carbons (Fsp3) is 1.00. The van der Waals surface area contributed by atoms with Gasteiger partial charge in [0.05, 0.1) is 0 Å². The number of hydrogen-bond donors (Lipinski definition) is 2. The van der Waals surface area contributed by atoms with Crippen LogP contribution in [-0.2, 0) is 10.1 Å². The maximum Gasteiger partial charge on any atom is 0.294 e. The first kappa shape index (κ1) is 25.9. The molecule has 0 aromatic rings. The molecule has 2 N–H and O–H groups in total. The SMILES string of the molecule is CCCCCCCCCCCCCCC(O)(CCCCCC)S(=O)(=O)O. The van der Waals surface area contributed by atoms with Gasteiger partial charge in [-0.25, -0.2) is 0 Å². The van der Waals surface area contributed by atoms with E-state index in [0.29, 0.717) is 12.8 Å². The highest BCUT2D eigenvalue weighted by atomic mass is 32.2. The summed E-state index contributed by atoms with van der Waals surface area (Å²) in [5, 5.41) is 10.4. The van der Waals surface area contributed by atoms with Crippen molar-refractivity contribution in [2.24, 2.45) is 0 Å². The molecule has 0 aliphatic heterocycles. The molecule has 4 nitrogen and oxygen atoms in total. The van der Waals surface area contributed by atoms with Crippen LogP contribution in [0.3, 0.4) is 0 Å². The molecule has 0 fully saturated rings. The van der Waals surface area contributed by atoms with E-state index in [9.17, 15) is 18.1 Å². The van der Waals surface area contributed by atoms with E-state index in [1.165, 1.54) is 57.8 Å². The minimum atomic E-state index is -4.41. The molecule has 1 atom stereocenters. The fourth-order valence-electron chi connectivity index (χ4n) is 3.45. The van der Waals surface area contributed by atoms with Crippen LogP contribution >= 0.6 is 0 Å². The van der Waals surface area contributed by atoms with Gasteiger partial charge >= 0.3 is 0 Å². The first-order valence-corrected chi connectivity index (χ1v) is 12.5. The van der Waals surface area contributed by atoms with Crippen LogP contribution in [0.4, 0.5) is 0 Å². The Kier molecular flexibility index (Phi) is 15.8. The zero-order valence-electron chi connectivity index (χ0n) is 17.3. The van der Waals surface area contributed by atoms with Crippen molar-refractivity contribution >= 4 is 10.1 Å². The van der Waals surface area contributed by atoms with E-state index in [-0.39, 0.29) is 12.8 Å². The average molecular weight is 393 g/mol. The Morgan fingerprint density at radius 1 is 0.577 bits per heavy atom. The Hall–Kier alpha value is -0.130. The summed E-state index contributed by atoms with van der Waals surface area (Å²) >= 11 is 0. The second-order valence-electron chi connectivity index (χ2n) is 7.87. The second kappa shape index (κ2) is 15.9. The molecular weight excluding hydrogens is 348 g/mol. The molecule has 5 heteroatoms. The Labute approximate surface area is 162 Å². The van der Waals surface area contributed by atoms with E-state index in [1.54, 1.807) is 0 Å². The van der Waals surface area contributed by atoms with E-state index < -0.39 is 15.1 Å². The molecule has 0 saturated heterocycles. The lowest BCUT2D eigenvalue weighted by Crippen LogP contribution is -2.38. The lowest BCUT2D eigenvalue weighted by molar-refractivity contribution is 0.0884. The topological polar surface area (TPSA) is 74.6 Å². The van der Waals surface area contributed by atoms with Crippen molar-refractivity contribution in [3.8, 4) is 0 Å². The summed E-state index contributed by atoms with van der Waals surface area (Å²) in [6.45, 7) is 4.32. The molecule has 0 aliphatic carbocycles. The van der Waals surface area contributed by atoms with Crippen LogP contribution in [0.2, 0.25) is 0 Å². The minimum absolute atomic E-state index is 0.143. The molecule has 0 aliphatic rings. The highest BCUT2D eigenvalue weighted by molar-refractivity contribution is 7.87. The molecule has 0 bridgehead atoms. The summed E-state index contributed by atoms with van der Waals surface area (Å²) in [6.07, 6.45) is 18.3. The highest BCUT2D eigenvalue weighted by Gasteiger charge is 2.39. The van der Waals surface area contributed by atoms with Gasteiger partial charge in [0.25, 0.3) is 10.1 Å². The van der Waals surface area contributed by atoms with Crippen molar-refractivity contribution in [3.63, 3.8) is 0 Å². The van der Waals surface area contributed by atoms with Gasteiger partial charge in [0, 0.05) is 0 Å². The molecule has 0 saturated carbocycles. The van der Waals surface area contributed by atoms with Crippen LogP contribution in [0.5, 0.6) is 0 Å². The number of unbranched alkanes of at least 4 members (excludes halogenated alkanes) is 14. The van der Waals surface area contributed by atoms with Crippen LogP contribution in [0.25, 0.3) is 0 Å². The maximum atomic E-state index is 11.6. The van der Waals surface area contributed by atoms with E-state index in [2.05, 4.69) is 13.8 Å². The van der Waals surface area contributed by atoms with Gasteiger partial charge in [-0.05, 0) is 25.7 Å². The summed E-state index contributed by atoms with van der Waals surface area (Å²) in [5.41, 5.74) is 0. The predicted molar refractivity (Wildman–Crippen MR) is 111 cm³/mol. The van der Waals surface area contributed by atoms with Gasteiger partial charge in [-0.1, -0.05) is 104 Å². The molecule has 0 rings (SSSR count). The third-order valence-corrected chi connectivity index (χ3v) is 6.69. The van der Waals surface area contributed by atoms with Gasteiger partial charge in [-0.3, -0.25) is 4.55 Å². The first-order valence-electron chi connectivity index (χ1n) is 11.1. The lowest BCUT2D eigenvalue weighted by atomic mass is 10.0. The minimum Gasteiger partial charge on any atom is -0.372 e. The van der Waals surface area contributed by atoms with Crippen LogP contribution in [0.1, 0.15) is 129 Å². The quantitative estimate of drug-likeness (QED) is 0.191. The Balaban J connectivity index is 3.76. The third kappa shape index (κ3) is 13.1. The van der Waals surface area contributed by atoms with Crippen LogP contribution in [0.15, 0.2) is 0 Å². The molecule has 26 heavy (non-hydrogen) atoms. The summed E-state index contributed by atoms with van der Waals surface area (Å²) in [7, 11) is -4.41. The number of rotatable bonds is 19. The van der Waals surface area contributed by atoms with Crippen LogP contribution in [-0.4, -0.2) is 23.0 Å². The van der Waals surface area contributed by atoms with Crippen molar-refractivity contribution < 1.29 is 18.1 Å². The number of hydrogen-bond acceptors (Lipinski definition) is 3. The first-order chi connectivity index (χ1) is 12.4. The highest BCUT2D eigenvalue weighted by Crippen LogP contribution is 2.28. The van der Waals surface area contributed by atoms with Crippen molar-refractivity contribution in [1.82, 2.24) is 0 Å². The average Bonchev–Trinajstić information content (AvgIpc) is 2.59. The van der Waals surface area contributed by atoms with Crippen molar-refractivity contribution in [2.45, 2.75) is 134 Å². The molecule has 0 aromatic carbocycles. The predicted octanol–water partition coefficient (Wildman–Crippen LogP) is 6.62. The van der Waals surface area contributed by atoms with Crippen molar-refractivity contribution in [3.05, 3.63) is 0 Å². The van der Waals surface area contributed by atoms with Crippen molar-refractivity contribution in [1.29, 1.82) is 0 Å². The Morgan fingerprint density at radius 2 is 0.846 bits per heavy atom. The van der Waals surface area contributed by atoms with Gasteiger partial charge in [0.1, 0.15) is 0 Å². The fourth-order valence-corrected chi connectivity index (χ4v) is 4.26. The standard InChI is InChI=1S/C21H44O4S/c1-3-5-7-9-10-11-12-13-14-15-16-18-20-21(22,26(23,24)25)19-17-8-6-4-2/h22H,3-20H2,1-2H3,(H,23,24,25). The molecule has 0 heterocycles. The van der Waals surface area contributed by atoms with E-state index in [4.69, 9.17) is 0 Å². The normalized spacial score (nSPS) is 14.5. The van der Waals surface area contributed by atoms with Gasteiger partial charge < -0.3 is 5.11 Å². The van der Waals surface area contributed by atoms with Gasteiger partial charge in [-0.2, -0.15) is 8.42 Å². The lowest BCUT2D eigenvalue weighted by Gasteiger charge is -2.24. The third-order valence-electron chi connectivity index (χ3n) is 5.32. The van der Waals surface area contributed by atoms with Crippen LogP contribution < -0.4 is 0 Å². The zero-order chi connectivity index (χ0) is 19.7.